The van der Waals surface area contributed by atoms with E-state index in [-0.39, 0.29) is 5.92 Å². The number of aromatic nitrogens is 1. The molecule has 1 atom stereocenters. The Morgan fingerprint density at radius 2 is 0.921 bits per heavy atom. The number of rotatable bonds is 6. The van der Waals surface area contributed by atoms with Gasteiger partial charge < -0.3 is 4.57 Å². The van der Waals surface area contributed by atoms with Crippen molar-refractivity contribution in [3.05, 3.63) is 282 Å². The van der Waals surface area contributed by atoms with Crippen molar-refractivity contribution >= 4 is 21.8 Å². The molecule has 1 nitrogen and oxygen atoms in total. The molecule has 0 amide bonds. The van der Waals surface area contributed by atoms with Gasteiger partial charge in [-0.3, -0.25) is 0 Å². The van der Waals surface area contributed by atoms with Gasteiger partial charge in [-0.05, 0) is 120 Å². The molecule has 2 aliphatic rings. The number of hydrogen-bond acceptors (Lipinski definition) is 0. The predicted molar refractivity (Wildman–Crippen MR) is 262 cm³/mol. The summed E-state index contributed by atoms with van der Waals surface area (Å²) in [4.78, 5) is 0. The summed E-state index contributed by atoms with van der Waals surface area (Å²) in [5.74, 6) is 0.0694. The number of fused-ring (bicyclic) bond motifs is 10. The van der Waals surface area contributed by atoms with E-state index >= 15 is 0 Å². The lowest BCUT2D eigenvalue weighted by Crippen LogP contribution is -2.28. The topological polar surface area (TPSA) is 4.93 Å². The molecule has 1 aromatic heterocycles. The molecule has 1 unspecified atom stereocenters. The van der Waals surface area contributed by atoms with Gasteiger partial charge in [0.25, 0.3) is 0 Å². The first-order valence-corrected chi connectivity index (χ1v) is 22.0. The van der Waals surface area contributed by atoms with Crippen molar-refractivity contribution in [3.63, 3.8) is 0 Å². The van der Waals surface area contributed by atoms with Crippen LogP contribution in [0.25, 0.3) is 72.0 Å². The fourth-order valence-electron chi connectivity index (χ4n) is 11.3. The third-order valence-electron chi connectivity index (χ3n) is 13.9. The largest absolute Gasteiger partial charge is 0.309 e. The summed E-state index contributed by atoms with van der Waals surface area (Å²) in [6.07, 6.45) is 0. The van der Waals surface area contributed by atoms with Crippen molar-refractivity contribution in [2.45, 2.75) is 11.3 Å². The molecule has 0 fully saturated rings. The zero-order valence-electron chi connectivity index (χ0n) is 34.6. The minimum atomic E-state index is -0.482. The highest BCUT2D eigenvalue weighted by Crippen LogP contribution is 2.62. The molecule has 0 radical (unpaired) electrons. The smallest absolute Gasteiger partial charge is 0.0713 e. The van der Waals surface area contributed by atoms with E-state index in [1.165, 1.54) is 111 Å². The van der Waals surface area contributed by atoms with Crippen molar-refractivity contribution in [3.8, 4) is 50.2 Å². The molecule has 0 spiro atoms. The highest BCUT2D eigenvalue weighted by atomic mass is 15.0. The van der Waals surface area contributed by atoms with Gasteiger partial charge in [0.2, 0.25) is 0 Å². The lowest BCUT2D eigenvalue weighted by atomic mass is 9.67. The van der Waals surface area contributed by atoms with Crippen LogP contribution in [0.5, 0.6) is 0 Å². The minimum absolute atomic E-state index is 0.0694. The van der Waals surface area contributed by atoms with Gasteiger partial charge in [0.05, 0.1) is 16.4 Å². The standard InChI is InChI=1S/C62H41N/c1-5-18-41(19-6-1)42-20-17-21-45(38-42)59-50-34-32-43(44-33-37-58-53(39-44)49-28-14-16-31-57(49)63(58)48-26-11-4-12-27-48)40-54(50)60-52(59)35-36-56-61(60)51-29-13-15-30-55(51)62(56,46-22-7-2-8-23-46)47-24-9-3-10-25-47/h1-40,59H. The lowest BCUT2D eigenvalue weighted by molar-refractivity contribution is 0.768. The molecular formula is C62H41N. The average molecular weight is 800 g/mol. The van der Waals surface area contributed by atoms with Crippen LogP contribution in [0.2, 0.25) is 0 Å². The summed E-state index contributed by atoms with van der Waals surface area (Å²) in [5, 5.41) is 2.52. The van der Waals surface area contributed by atoms with E-state index in [4.69, 9.17) is 0 Å². The Morgan fingerprint density at radius 3 is 1.70 bits per heavy atom. The van der Waals surface area contributed by atoms with Crippen molar-refractivity contribution in [1.29, 1.82) is 0 Å². The first-order chi connectivity index (χ1) is 31.3. The van der Waals surface area contributed by atoms with E-state index in [9.17, 15) is 0 Å². The van der Waals surface area contributed by atoms with Crippen molar-refractivity contribution < 1.29 is 0 Å². The Morgan fingerprint density at radius 1 is 0.333 bits per heavy atom. The normalized spacial score (nSPS) is 14.3. The Balaban J connectivity index is 1.08. The summed E-state index contributed by atoms with van der Waals surface area (Å²) in [5.41, 5.74) is 22.6. The minimum Gasteiger partial charge on any atom is -0.309 e. The summed E-state index contributed by atoms with van der Waals surface area (Å²) in [6.45, 7) is 0. The summed E-state index contributed by atoms with van der Waals surface area (Å²) >= 11 is 0. The Labute approximate surface area is 367 Å². The van der Waals surface area contributed by atoms with Crippen LogP contribution < -0.4 is 0 Å². The molecule has 63 heavy (non-hydrogen) atoms. The number of benzene rings is 10. The number of nitrogens with zero attached hydrogens (tertiary/aromatic N) is 1. The van der Waals surface area contributed by atoms with Crippen molar-refractivity contribution in [1.82, 2.24) is 4.57 Å². The van der Waals surface area contributed by atoms with Gasteiger partial charge in [-0.2, -0.15) is 0 Å². The first kappa shape index (κ1) is 35.7. The van der Waals surface area contributed by atoms with Gasteiger partial charge in [-0.15, -0.1) is 0 Å². The molecule has 0 aliphatic heterocycles. The molecule has 13 rings (SSSR count). The molecule has 0 bridgehead atoms. The van der Waals surface area contributed by atoms with Crippen LogP contribution in [0.15, 0.2) is 243 Å². The van der Waals surface area contributed by atoms with E-state index in [2.05, 4.69) is 247 Å². The van der Waals surface area contributed by atoms with Crippen LogP contribution >= 0.6 is 0 Å². The van der Waals surface area contributed by atoms with Gasteiger partial charge in [0.15, 0.2) is 0 Å². The van der Waals surface area contributed by atoms with Crippen LogP contribution in [0.3, 0.4) is 0 Å². The zero-order valence-corrected chi connectivity index (χ0v) is 34.6. The predicted octanol–water partition coefficient (Wildman–Crippen LogP) is 15.6. The molecule has 1 heteroatoms. The molecular weight excluding hydrogens is 759 g/mol. The third-order valence-corrected chi connectivity index (χ3v) is 13.9. The highest BCUT2D eigenvalue weighted by molar-refractivity contribution is 6.11. The molecule has 1 heterocycles. The second kappa shape index (κ2) is 14.0. The number of hydrogen-bond donors (Lipinski definition) is 0. The fraction of sp³-hybridized carbons (Fsp3) is 0.0323. The summed E-state index contributed by atoms with van der Waals surface area (Å²) < 4.78 is 2.40. The quantitative estimate of drug-likeness (QED) is 0.158. The Kier molecular flexibility index (Phi) is 7.95. The first-order valence-electron chi connectivity index (χ1n) is 22.0. The van der Waals surface area contributed by atoms with E-state index < -0.39 is 5.41 Å². The van der Waals surface area contributed by atoms with Crippen LogP contribution in [-0.4, -0.2) is 4.57 Å². The Hall–Kier alpha value is -8.00. The van der Waals surface area contributed by atoms with Gasteiger partial charge in [-0.1, -0.05) is 206 Å². The Bertz CT molecular complexity index is 3510. The number of para-hydroxylation sites is 2. The second-order valence-electron chi connectivity index (χ2n) is 17.1. The van der Waals surface area contributed by atoms with Crippen LogP contribution in [0, 0.1) is 0 Å². The van der Waals surface area contributed by atoms with Gasteiger partial charge in [-0.25, -0.2) is 0 Å². The SMILES string of the molecule is c1ccc(-c2cccc(C3c4ccc(-c5ccc6c(c5)c5ccccc5n6-c5ccccc5)cc4-c4c3ccc3c4-c4ccccc4C3(c3ccccc3)c3ccccc3)c2)cc1. The molecule has 294 valence electrons. The molecule has 10 aromatic carbocycles. The highest BCUT2D eigenvalue weighted by Gasteiger charge is 2.48. The van der Waals surface area contributed by atoms with Crippen LogP contribution in [-0.2, 0) is 5.41 Å². The van der Waals surface area contributed by atoms with Crippen LogP contribution in [0.1, 0.15) is 44.9 Å². The zero-order chi connectivity index (χ0) is 41.5. The van der Waals surface area contributed by atoms with Gasteiger partial charge >= 0.3 is 0 Å². The molecule has 0 saturated carbocycles. The molecule has 0 saturated heterocycles. The monoisotopic (exact) mass is 799 g/mol. The summed E-state index contributed by atoms with van der Waals surface area (Å²) in [6, 6.07) is 90.3. The van der Waals surface area contributed by atoms with Crippen molar-refractivity contribution in [2.75, 3.05) is 0 Å². The molecule has 0 N–H and O–H groups in total. The maximum atomic E-state index is 2.50. The van der Waals surface area contributed by atoms with Gasteiger partial charge in [0, 0.05) is 22.4 Å². The van der Waals surface area contributed by atoms with E-state index in [1.54, 1.807) is 0 Å². The molecule has 11 aromatic rings. The second-order valence-corrected chi connectivity index (χ2v) is 17.1. The third kappa shape index (κ3) is 5.24. The van der Waals surface area contributed by atoms with E-state index in [0.717, 1.165) is 0 Å². The van der Waals surface area contributed by atoms with E-state index in [0.29, 0.717) is 0 Å². The maximum Gasteiger partial charge on any atom is 0.0713 e. The van der Waals surface area contributed by atoms with Crippen molar-refractivity contribution in [2.24, 2.45) is 0 Å². The maximum absolute atomic E-state index is 2.50. The fourth-order valence-corrected chi connectivity index (χ4v) is 11.3. The summed E-state index contributed by atoms with van der Waals surface area (Å²) in [7, 11) is 0. The average Bonchev–Trinajstić information content (AvgIpc) is 3.99. The molecule has 2 aliphatic carbocycles. The van der Waals surface area contributed by atoms with Crippen LogP contribution in [0.4, 0.5) is 0 Å². The van der Waals surface area contributed by atoms with E-state index in [1.807, 2.05) is 0 Å². The van der Waals surface area contributed by atoms with Gasteiger partial charge in [0.1, 0.15) is 0 Å². The lowest BCUT2D eigenvalue weighted by Gasteiger charge is -2.34.